The Hall–Kier alpha value is -0.500. The monoisotopic (exact) mass is 226 g/mol. The van der Waals surface area contributed by atoms with E-state index in [9.17, 15) is 26.3 Å². The predicted molar refractivity (Wildman–Crippen MR) is 33.7 cm³/mol. The van der Waals surface area contributed by atoms with Gasteiger partial charge in [-0.05, 0) is 0 Å². The molecule has 14 heavy (non-hydrogen) atoms. The number of halogens is 6. The van der Waals surface area contributed by atoms with Crippen LogP contribution >= 0.6 is 0 Å². The summed E-state index contributed by atoms with van der Waals surface area (Å²) in [6.07, 6.45) is -11.7. The van der Waals surface area contributed by atoms with Gasteiger partial charge in [-0.25, -0.2) is 0 Å². The minimum Gasteiger partial charge on any atom is -0.370 e. The smallest absolute Gasteiger partial charge is 0.370 e. The van der Waals surface area contributed by atoms with Crippen molar-refractivity contribution in [1.82, 2.24) is 0 Å². The lowest BCUT2D eigenvalue weighted by atomic mass is 10.4. The Morgan fingerprint density at radius 3 is 1.86 bits per heavy atom. The number of rotatable bonds is 4. The Kier molecular flexibility index (Phi) is 4.66. The van der Waals surface area contributed by atoms with E-state index >= 15 is 0 Å². The highest BCUT2D eigenvalue weighted by atomic mass is 19.4. The molecule has 0 fully saturated rings. The van der Waals surface area contributed by atoms with Crippen molar-refractivity contribution in [3.63, 3.8) is 0 Å². The Morgan fingerprint density at radius 1 is 1.07 bits per heavy atom. The second-order valence-electron chi connectivity index (χ2n) is 2.40. The van der Waals surface area contributed by atoms with E-state index in [1.54, 1.807) is 0 Å². The third-order valence-electron chi connectivity index (χ3n) is 1.18. The Morgan fingerprint density at radius 2 is 1.57 bits per heavy atom. The van der Waals surface area contributed by atoms with E-state index in [4.69, 9.17) is 0 Å². The minimum absolute atomic E-state index is 0.745. The lowest BCUT2D eigenvalue weighted by Gasteiger charge is -2.18. The molecule has 0 aliphatic heterocycles. The highest BCUT2D eigenvalue weighted by Gasteiger charge is 2.41. The van der Waals surface area contributed by atoms with E-state index in [0.29, 0.717) is 0 Å². The highest BCUT2D eigenvalue weighted by molar-refractivity contribution is 4.66. The molecule has 0 aromatic rings. The van der Waals surface area contributed by atoms with Gasteiger partial charge in [0.25, 0.3) is 0 Å². The average Bonchev–Trinajstić information content (AvgIpc) is 1.93. The quantitative estimate of drug-likeness (QED) is 0.684. The number of hydrogen-bond acceptors (Lipinski definition) is 2. The summed E-state index contributed by atoms with van der Waals surface area (Å²) in [5, 5.41) is 0. The van der Waals surface area contributed by atoms with Crippen molar-refractivity contribution in [2.45, 2.75) is 18.5 Å². The molecule has 0 aliphatic carbocycles. The van der Waals surface area contributed by atoms with Gasteiger partial charge in [-0.15, -0.1) is 0 Å². The molecular weight excluding hydrogens is 218 g/mol. The molecule has 0 aromatic heterocycles. The first-order chi connectivity index (χ1) is 6.17. The first kappa shape index (κ1) is 13.5. The molecule has 0 spiro atoms. The first-order valence-corrected chi connectivity index (χ1v) is 3.41. The molecule has 0 aromatic carbocycles. The fourth-order valence-corrected chi connectivity index (χ4v) is 0.578. The van der Waals surface area contributed by atoms with Crippen LogP contribution in [0.25, 0.3) is 0 Å². The second kappa shape index (κ2) is 4.83. The van der Waals surface area contributed by atoms with Gasteiger partial charge < -0.3 is 9.47 Å². The maximum Gasteiger partial charge on any atom is 0.416 e. The summed E-state index contributed by atoms with van der Waals surface area (Å²) in [5.41, 5.74) is 0. The summed E-state index contributed by atoms with van der Waals surface area (Å²) in [6.45, 7) is -2.89. The van der Waals surface area contributed by atoms with Crippen LogP contribution in [0.3, 0.4) is 0 Å². The van der Waals surface area contributed by atoms with E-state index in [1.807, 2.05) is 0 Å². The van der Waals surface area contributed by atoms with Crippen LogP contribution in [0.1, 0.15) is 0 Å². The van der Waals surface area contributed by atoms with E-state index in [0.717, 1.165) is 7.11 Å². The standard InChI is InChI=1S/C6H8F6O2/c1-13-4(6(10,11)12)2-14-3-5(7,8)9/h4H,2-3H2,1H3. The summed E-state index contributed by atoms with van der Waals surface area (Å²) in [4.78, 5) is 0. The molecule has 0 N–H and O–H groups in total. The summed E-state index contributed by atoms with van der Waals surface area (Å²) in [5.74, 6) is 0. The summed E-state index contributed by atoms with van der Waals surface area (Å²) in [6, 6.07) is 0. The van der Waals surface area contributed by atoms with Gasteiger partial charge in [0.05, 0.1) is 6.61 Å². The van der Waals surface area contributed by atoms with Gasteiger partial charge in [0.2, 0.25) is 0 Å². The van der Waals surface area contributed by atoms with Gasteiger partial charge in [0.15, 0.2) is 6.10 Å². The van der Waals surface area contributed by atoms with Crippen LogP contribution in [0, 0.1) is 0 Å². The van der Waals surface area contributed by atoms with Crippen LogP contribution in [-0.2, 0) is 9.47 Å². The molecule has 0 saturated carbocycles. The molecule has 0 radical (unpaired) electrons. The molecule has 0 aliphatic rings. The van der Waals surface area contributed by atoms with Gasteiger partial charge >= 0.3 is 12.4 Å². The SMILES string of the molecule is COC(COCC(F)(F)F)C(F)(F)F. The average molecular weight is 226 g/mol. The van der Waals surface area contributed by atoms with Gasteiger partial charge in [0.1, 0.15) is 6.61 Å². The Bertz CT molecular complexity index is 163. The third-order valence-corrected chi connectivity index (χ3v) is 1.18. The maximum absolute atomic E-state index is 11.9. The molecular formula is C6H8F6O2. The zero-order valence-electron chi connectivity index (χ0n) is 7.08. The van der Waals surface area contributed by atoms with Crippen molar-refractivity contribution >= 4 is 0 Å². The lowest BCUT2D eigenvalue weighted by Crippen LogP contribution is -2.36. The number of hydrogen-bond donors (Lipinski definition) is 0. The van der Waals surface area contributed by atoms with Gasteiger partial charge in [-0.2, -0.15) is 26.3 Å². The van der Waals surface area contributed by atoms with Crippen molar-refractivity contribution < 1.29 is 35.8 Å². The Labute approximate surface area is 75.8 Å². The van der Waals surface area contributed by atoms with Gasteiger partial charge in [0, 0.05) is 7.11 Å². The molecule has 0 heterocycles. The van der Waals surface area contributed by atoms with Crippen LogP contribution in [0.15, 0.2) is 0 Å². The van der Waals surface area contributed by atoms with Crippen LogP contribution in [0.5, 0.6) is 0 Å². The zero-order chi connectivity index (χ0) is 11.4. The topological polar surface area (TPSA) is 18.5 Å². The summed E-state index contributed by atoms with van der Waals surface area (Å²) < 4.78 is 77.7. The van der Waals surface area contributed by atoms with Crippen molar-refractivity contribution in [1.29, 1.82) is 0 Å². The van der Waals surface area contributed by atoms with Crippen LogP contribution < -0.4 is 0 Å². The van der Waals surface area contributed by atoms with Crippen molar-refractivity contribution in [3.8, 4) is 0 Å². The van der Waals surface area contributed by atoms with Crippen molar-refractivity contribution in [2.24, 2.45) is 0 Å². The molecule has 1 unspecified atom stereocenters. The molecule has 2 nitrogen and oxygen atoms in total. The molecule has 0 bridgehead atoms. The van der Waals surface area contributed by atoms with E-state index in [-0.39, 0.29) is 0 Å². The van der Waals surface area contributed by atoms with Crippen LogP contribution in [-0.4, -0.2) is 38.8 Å². The fraction of sp³-hybridized carbons (Fsp3) is 1.00. The molecule has 0 rings (SSSR count). The summed E-state index contributed by atoms with van der Waals surface area (Å²) in [7, 11) is 0.745. The van der Waals surface area contributed by atoms with Crippen LogP contribution in [0.2, 0.25) is 0 Å². The lowest BCUT2D eigenvalue weighted by molar-refractivity contribution is -0.239. The van der Waals surface area contributed by atoms with Gasteiger partial charge in [-0.3, -0.25) is 0 Å². The number of methoxy groups -OCH3 is 1. The summed E-state index contributed by atoms with van der Waals surface area (Å²) >= 11 is 0. The maximum atomic E-state index is 11.9. The minimum atomic E-state index is -4.72. The molecule has 0 amide bonds. The molecule has 86 valence electrons. The fourth-order valence-electron chi connectivity index (χ4n) is 0.578. The van der Waals surface area contributed by atoms with E-state index < -0.39 is 31.7 Å². The highest BCUT2D eigenvalue weighted by Crippen LogP contribution is 2.23. The Balaban J connectivity index is 3.87. The largest absolute Gasteiger partial charge is 0.416 e. The predicted octanol–water partition coefficient (Wildman–Crippen LogP) is 2.14. The van der Waals surface area contributed by atoms with Crippen molar-refractivity contribution in [3.05, 3.63) is 0 Å². The third kappa shape index (κ3) is 6.03. The van der Waals surface area contributed by atoms with Crippen LogP contribution in [0.4, 0.5) is 26.3 Å². The van der Waals surface area contributed by atoms with E-state index in [1.165, 1.54) is 0 Å². The number of alkyl halides is 6. The number of ether oxygens (including phenoxy) is 2. The first-order valence-electron chi connectivity index (χ1n) is 3.41. The second-order valence-corrected chi connectivity index (χ2v) is 2.40. The molecule has 0 saturated heterocycles. The zero-order valence-corrected chi connectivity index (χ0v) is 7.08. The van der Waals surface area contributed by atoms with E-state index in [2.05, 4.69) is 9.47 Å². The van der Waals surface area contributed by atoms with Crippen molar-refractivity contribution in [2.75, 3.05) is 20.3 Å². The normalized spacial score (nSPS) is 15.6. The van der Waals surface area contributed by atoms with Gasteiger partial charge in [-0.1, -0.05) is 0 Å². The molecule has 8 heteroatoms. The molecule has 1 atom stereocenters.